The molecule has 0 unspecified atom stereocenters. The third-order valence-corrected chi connectivity index (χ3v) is 4.41. The molecule has 3 nitrogen and oxygen atoms in total. The molecule has 3 rings (SSSR count). The number of hydrogen-bond donors (Lipinski definition) is 1. The molecule has 120 valence electrons. The molecular formula is C18H12ClFN2OS. The number of hydrogen-bond acceptors (Lipinski definition) is 3. The minimum atomic E-state index is -0.586. The fourth-order valence-corrected chi connectivity index (χ4v) is 3.09. The molecule has 0 bridgehead atoms. The van der Waals surface area contributed by atoms with Crippen LogP contribution < -0.4 is 5.32 Å². The fraction of sp³-hybridized carbons (Fsp3) is 0. The van der Waals surface area contributed by atoms with E-state index in [4.69, 9.17) is 11.6 Å². The van der Waals surface area contributed by atoms with Crippen LogP contribution in [0.1, 0.15) is 10.4 Å². The number of amides is 1. The van der Waals surface area contributed by atoms with E-state index in [2.05, 4.69) is 10.3 Å². The zero-order valence-electron chi connectivity index (χ0n) is 12.4. The van der Waals surface area contributed by atoms with Crippen LogP contribution in [0.2, 0.25) is 5.02 Å². The second-order valence-corrected chi connectivity index (χ2v) is 6.35. The van der Waals surface area contributed by atoms with Gasteiger partial charge in [-0.25, -0.2) is 9.37 Å². The van der Waals surface area contributed by atoms with Crippen LogP contribution in [-0.2, 0) is 0 Å². The Morgan fingerprint density at radius 3 is 2.62 bits per heavy atom. The zero-order valence-corrected chi connectivity index (χ0v) is 13.9. The van der Waals surface area contributed by atoms with Gasteiger partial charge in [-0.1, -0.05) is 41.6 Å². The summed E-state index contributed by atoms with van der Waals surface area (Å²) >= 11 is 7.09. The lowest BCUT2D eigenvalue weighted by atomic mass is 10.2. The van der Waals surface area contributed by atoms with E-state index in [1.165, 1.54) is 23.9 Å². The van der Waals surface area contributed by atoms with Crippen molar-refractivity contribution in [2.75, 3.05) is 5.32 Å². The number of benzene rings is 2. The maximum absolute atomic E-state index is 13.9. The van der Waals surface area contributed by atoms with Crippen molar-refractivity contribution in [2.45, 2.75) is 9.92 Å². The number of anilines is 1. The molecule has 0 aliphatic rings. The highest BCUT2D eigenvalue weighted by molar-refractivity contribution is 7.99. The van der Waals surface area contributed by atoms with Crippen molar-refractivity contribution in [3.05, 3.63) is 83.3 Å². The molecule has 0 fully saturated rings. The highest BCUT2D eigenvalue weighted by Crippen LogP contribution is 2.29. The topological polar surface area (TPSA) is 42.0 Å². The number of rotatable bonds is 4. The Kier molecular flexibility index (Phi) is 5.13. The molecule has 24 heavy (non-hydrogen) atoms. The first-order valence-electron chi connectivity index (χ1n) is 7.08. The monoisotopic (exact) mass is 358 g/mol. The molecular weight excluding hydrogens is 347 g/mol. The van der Waals surface area contributed by atoms with Gasteiger partial charge in [0.2, 0.25) is 0 Å². The third-order valence-electron chi connectivity index (χ3n) is 3.15. The number of aromatic nitrogens is 1. The summed E-state index contributed by atoms with van der Waals surface area (Å²) in [5.74, 6) is -1.01. The molecule has 3 aromatic rings. The molecule has 1 amide bonds. The lowest BCUT2D eigenvalue weighted by Crippen LogP contribution is -2.14. The first kappa shape index (κ1) is 16.5. The number of nitrogens with one attached hydrogen (secondary N) is 1. The minimum absolute atomic E-state index is 0.0731. The SMILES string of the molecule is O=C(Nc1ccc(Cl)cc1F)c1cccnc1Sc1ccccc1. The molecule has 0 aliphatic carbocycles. The van der Waals surface area contributed by atoms with Gasteiger partial charge in [0, 0.05) is 16.1 Å². The van der Waals surface area contributed by atoms with Gasteiger partial charge in [0.05, 0.1) is 11.3 Å². The summed E-state index contributed by atoms with van der Waals surface area (Å²) in [6.45, 7) is 0. The van der Waals surface area contributed by atoms with Crippen molar-refractivity contribution in [1.29, 1.82) is 0 Å². The van der Waals surface area contributed by atoms with Crippen molar-refractivity contribution < 1.29 is 9.18 Å². The Bertz CT molecular complexity index is 874. The lowest BCUT2D eigenvalue weighted by Gasteiger charge is -2.10. The van der Waals surface area contributed by atoms with Crippen LogP contribution in [0.25, 0.3) is 0 Å². The van der Waals surface area contributed by atoms with Gasteiger partial charge >= 0.3 is 0 Å². The van der Waals surface area contributed by atoms with Gasteiger partial charge < -0.3 is 5.32 Å². The van der Waals surface area contributed by atoms with Crippen LogP contribution in [0.3, 0.4) is 0 Å². The molecule has 6 heteroatoms. The van der Waals surface area contributed by atoms with Gasteiger partial charge in [0.25, 0.3) is 5.91 Å². The predicted molar refractivity (Wildman–Crippen MR) is 94.2 cm³/mol. The number of nitrogens with zero attached hydrogens (tertiary/aromatic N) is 1. The maximum atomic E-state index is 13.9. The van der Waals surface area contributed by atoms with Gasteiger partial charge in [-0.2, -0.15) is 0 Å². The van der Waals surface area contributed by atoms with Gasteiger partial charge in [-0.15, -0.1) is 0 Å². The Labute approximate surface area is 147 Å². The normalized spacial score (nSPS) is 10.4. The van der Waals surface area contributed by atoms with Gasteiger partial charge in [-0.05, 0) is 42.5 Å². The summed E-state index contributed by atoms with van der Waals surface area (Å²) in [4.78, 5) is 17.7. The van der Waals surface area contributed by atoms with Crippen molar-refractivity contribution in [2.24, 2.45) is 0 Å². The molecule has 1 N–H and O–H groups in total. The first-order chi connectivity index (χ1) is 11.6. The van der Waals surface area contributed by atoms with Crippen molar-refractivity contribution in [1.82, 2.24) is 4.98 Å². The van der Waals surface area contributed by atoms with E-state index < -0.39 is 11.7 Å². The zero-order chi connectivity index (χ0) is 16.9. The van der Waals surface area contributed by atoms with Crippen LogP contribution >= 0.6 is 23.4 Å². The van der Waals surface area contributed by atoms with Crippen LogP contribution in [0.4, 0.5) is 10.1 Å². The standard InChI is InChI=1S/C18H12ClFN2OS/c19-12-8-9-16(15(20)11-12)22-17(23)14-7-4-10-21-18(14)24-13-5-2-1-3-6-13/h1-11H,(H,22,23). The number of halogens is 2. The Morgan fingerprint density at radius 2 is 1.88 bits per heavy atom. The highest BCUT2D eigenvalue weighted by atomic mass is 35.5. The smallest absolute Gasteiger partial charge is 0.258 e. The fourth-order valence-electron chi connectivity index (χ4n) is 2.03. The molecule has 1 aromatic heterocycles. The van der Waals surface area contributed by atoms with Crippen LogP contribution in [0.5, 0.6) is 0 Å². The van der Waals surface area contributed by atoms with E-state index in [0.29, 0.717) is 10.6 Å². The van der Waals surface area contributed by atoms with Crippen LogP contribution in [0, 0.1) is 5.82 Å². The number of carbonyl (C=O) groups excluding carboxylic acids is 1. The third kappa shape index (κ3) is 3.93. The Morgan fingerprint density at radius 1 is 1.08 bits per heavy atom. The van der Waals surface area contributed by atoms with E-state index in [0.717, 1.165) is 11.0 Å². The summed E-state index contributed by atoms with van der Waals surface area (Å²) in [5, 5.41) is 3.38. The maximum Gasteiger partial charge on any atom is 0.258 e. The Balaban J connectivity index is 1.85. The average Bonchev–Trinajstić information content (AvgIpc) is 2.59. The molecule has 0 atom stereocenters. The lowest BCUT2D eigenvalue weighted by molar-refractivity contribution is 0.102. The minimum Gasteiger partial charge on any atom is -0.319 e. The van der Waals surface area contributed by atoms with Gasteiger partial charge in [-0.3, -0.25) is 4.79 Å². The van der Waals surface area contributed by atoms with Gasteiger partial charge in [0.15, 0.2) is 0 Å². The molecule has 1 heterocycles. The number of pyridine rings is 1. The Hall–Kier alpha value is -2.37. The van der Waals surface area contributed by atoms with E-state index in [1.54, 1.807) is 18.3 Å². The van der Waals surface area contributed by atoms with Crippen LogP contribution in [0.15, 0.2) is 76.8 Å². The summed E-state index contributed by atoms with van der Waals surface area (Å²) in [6.07, 6.45) is 1.62. The number of carbonyl (C=O) groups is 1. The molecule has 0 spiro atoms. The van der Waals surface area contributed by atoms with E-state index in [-0.39, 0.29) is 10.7 Å². The quantitative estimate of drug-likeness (QED) is 0.690. The summed E-state index contributed by atoms with van der Waals surface area (Å²) in [6, 6.07) is 17.0. The first-order valence-corrected chi connectivity index (χ1v) is 8.27. The molecule has 0 saturated carbocycles. The largest absolute Gasteiger partial charge is 0.319 e. The summed E-state index contributed by atoms with van der Waals surface area (Å²) in [7, 11) is 0. The molecule has 2 aromatic carbocycles. The van der Waals surface area contributed by atoms with Gasteiger partial charge in [0.1, 0.15) is 10.8 Å². The molecule has 0 aliphatic heterocycles. The van der Waals surface area contributed by atoms with E-state index in [1.807, 2.05) is 30.3 Å². The average molecular weight is 359 g/mol. The second kappa shape index (κ2) is 7.47. The summed E-state index contributed by atoms with van der Waals surface area (Å²) in [5.41, 5.74) is 0.449. The highest BCUT2D eigenvalue weighted by Gasteiger charge is 2.15. The van der Waals surface area contributed by atoms with Crippen molar-refractivity contribution in [3.63, 3.8) is 0 Å². The predicted octanol–water partition coefficient (Wildman–Crippen LogP) is 5.28. The van der Waals surface area contributed by atoms with Crippen molar-refractivity contribution >= 4 is 35.0 Å². The molecule has 0 saturated heterocycles. The van der Waals surface area contributed by atoms with Crippen LogP contribution in [-0.4, -0.2) is 10.9 Å². The van der Waals surface area contributed by atoms with Crippen molar-refractivity contribution in [3.8, 4) is 0 Å². The summed E-state index contributed by atoms with van der Waals surface area (Å²) < 4.78 is 13.9. The van der Waals surface area contributed by atoms with E-state index >= 15 is 0 Å². The van der Waals surface area contributed by atoms with E-state index in [9.17, 15) is 9.18 Å². The second-order valence-electron chi connectivity index (χ2n) is 4.85. The molecule has 0 radical (unpaired) electrons.